The van der Waals surface area contributed by atoms with E-state index in [1.54, 1.807) is 0 Å². The Morgan fingerprint density at radius 1 is 1.38 bits per heavy atom. The Labute approximate surface area is 94.3 Å². The highest BCUT2D eigenvalue weighted by Gasteiger charge is 2.23. The number of cyclic esters (lactones) is 1. The highest BCUT2D eigenvalue weighted by Crippen LogP contribution is 2.12. The maximum atomic E-state index is 11.4. The average molecular weight is 218 g/mol. The molecule has 1 heterocycles. The molecule has 1 N–H and O–H groups in total. The van der Waals surface area contributed by atoms with Gasteiger partial charge in [0.15, 0.2) is 0 Å². The molecule has 1 atom stereocenters. The van der Waals surface area contributed by atoms with Gasteiger partial charge in [-0.25, -0.2) is 4.79 Å². The van der Waals surface area contributed by atoms with Crippen LogP contribution >= 0.6 is 0 Å². The number of hydrogen-bond acceptors (Lipinski definition) is 4. The van der Waals surface area contributed by atoms with Crippen LogP contribution in [0, 0.1) is 0 Å². The van der Waals surface area contributed by atoms with Crippen LogP contribution in [-0.2, 0) is 9.53 Å². The molecule has 0 aliphatic carbocycles. The van der Waals surface area contributed by atoms with E-state index in [9.17, 15) is 4.79 Å². The summed E-state index contributed by atoms with van der Waals surface area (Å²) in [4.78, 5) is 11.4. The zero-order chi connectivity index (χ0) is 11.4. The van der Waals surface area contributed by atoms with E-state index in [4.69, 9.17) is 4.74 Å². The number of benzene rings is 1. The number of nitrogens with one attached hydrogen (secondary N) is 1. The van der Waals surface area contributed by atoms with E-state index in [1.807, 2.05) is 37.3 Å². The monoisotopic (exact) mass is 218 g/mol. The fourth-order valence-corrected chi connectivity index (χ4v) is 1.50. The van der Waals surface area contributed by atoms with Crippen LogP contribution in [-0.4, -0.2) is 17.8 Å². The van der Waals surface area contributed by atoms with Gasteiger partial charge in [-0.05, 0) is 25.5 Å². The van der Waals surface area contributed by atoms with Crippen LogP contribution in [0.1, 0.15) is 19.8 Å². The van der Waals surface area contributed by atoms with Gasteiger partial charge in [0, 0.05) is 6.42 Å². The summed E-state index contributed by atoms with van der Waals surface area (Å²) in [5.74, 6) is -0.317. The number of hydrazone groups is 1. The Bertz CT molecular complexity index is 401. The number of ether oxygens (including phenoxy) is 1. The zero-order valence-electron chi connectivity index (χ0n) is 9.14. The molecular formula is C12H14N2O2. The summed E-state index contributed by atoms with van der Waals surface area (Å²) in [5.41, 5.74) is 4.17. The van der Waals surface area contributed by atoms with Crippen molar-refractivity contribution in [2.75, 3.05) is 5.43 Å². The summed E-state index contributed by atoms with van der Waals surface area (Å²) < 4.78 is 5.08. The Morgan fingerprint density at radius 2 is 2.12 bits per heavy atom. The van der Waals surface area contributed by atoms with Crippen molar-refractivity contribution in [2.45, 2.75) is 25.9 Å². The third-order valence-corrected chi connectivity index (χ3v) is 2.43. The molecule has 1 aliphatic heterocycles. The van der Waals surface area contributed by atoms with E-state index in [2.05, 4.69) is 10.5 Å². The minimum atomic E-state index is -0.317. The average Bonchev–Trinajstić information content (AvgIpc) is 2.29. The molecule has 4 heteroatoms. The van der Waals surface area contributed by atoms with Crippen molar-refractivity contribution >= 4 is 17.4 Å². The van der Waals surface area contributed by atoms with Crippen molar-refractivity contribution < 1.29 is 9.53 Å². The number of rotatable bonds is 2. The lowest BCUT2D eigenvalue weighted by molar-refractivity contribution is -0.141. The standard InChI is InChI=1S/C12H14N2O2/c1-9-7-8-11(12(15)16-9)14-13-10-5-3-2-4-6-10/h2-6,9,13H,7-8H2,1H3/b14-11-. The molecule has 0 spiro atoms. The first-order chi connectivity index (χ1) is 7.75. The predicted octanol–water partition coefficient (Wildman–Crippen LogP) is 2.18. The van der Waals surface area contributed by atoms with E-state index in [1.165, 1.54) is 0 Å². The van der Waals surface area contributed by atoms with Gasteiger partial charge in [-0.1, -0.05) is 18.2 Å². The summed E-state index contributed by atoms with van der Waals surface area (Å²) in [6, 6.07) is 9.52. The van der Waals surface area contributed by atoms with Gasteiger partial charge in [0.2, 0.25) is 0 Å². The van der Waals surface area contributed by atoms with Gasteiger partial charge in [-0.15, -0.1) is 0 Å². The van der Waals surface area contributed by atoms with E-state index in [-0.39, 0.29) is 12.1 Å². The third kappa shape index (κ3) is 2.59. The second kappa shape index (κ2) is 4.79. The zero-order valence-corrected chi connectivity index (χ0v) is 9.14. The van der Waals surface area contributed by atoms with Crippen LogP contribution in [0.4, 0.5) is 5.69 Å². The molecular weight excluding hydrogens is 204 g/mol. The first-order valence-corrected chi connectivity index (χ1v) is 5.34. The minimum Gasteiger partial charge on any atom is -0.458 e. The number of carbonyl (C=O) groups excluding carboxylic acids is 1. The summed E-state index contributed by atoms with van der Waals surface area (Å²) in [7, 11) is 0. The molecule has 0 saturated carbocycles. The van der Waals surface area contributed by atoms with E-state index in [0.717, 1.165) is 12.1 Å². The summed E-state index contributed by atoms with van der Waals surface area (Å²) in [5, 5.41) is 4.06. The van der Waals surface area contributed by atoms with E-state index < -0.39 is 0 Å². The molecule has 2 rings (SSSR count). The largest absolute Gasteiger partial charge is 0.458 e. The second-order valence-electron chi connectivity index (χ2n) is 3.79. The quantitative estimate of drug-likeness (QED) is 0.611. The fourth-order valence-electron chi connectivity index (χ4n) is 1.50. The molecule has 1 saturated heterocycles. The third-order valence-electron chi connectivity index (χ3n) is 2.43. The van der Waals surface area contributed by atoms with Gasteiger partial charge in [0.25, 0.3) is 0 Å². The highest BCUT2D eigenvalue weighted by atomic mass is 16.5. The van der Waals surface area contributed by atoms with E-state index in [0.29, 0.717) is 12.1 Å². The second-order valence-corrected chi connectivity index (χ2v) is 3.79. The number of esters is 1. The molecule has 0 radical (unpaired) electrons. The lowest BCUT2D eigenvalue weighted by Crippen LogP contribution is -2.30. The molecule has 16 heavy (non-hydrogen) atoms. The van der Waals surface area contributed by atoms with Crippen molar-refractivity contribution in [3.63, 3.8) is 0 Å². The van der Waals surface area contributed by atoms with Crippen LogP contribution in [0.2, 0.25) is 0 Å². The van der Waals surface area contributed by atoms with Crippen molar-refractivity contribution in [2.24, 2.45) is 5.10 Å². The van der Waals surface area contributed by atoms with Gasteiger partial charge in [0.1, 0.15) is 5.71 Å². The SMILES string of the molecule is CC1CC/C(=N/Nc2ccccc2)C(=O)O1. The summed E-state index contributed by atoms with van der Waals surface area (Å²) in [6.07, 6.45) is 1.50. The maximum absolute atomic E-state index is 11.4. The van der Waals surface area contributed by atoms with Crippen molar-refractivity contribution in [1.29, 1.82) is 0 Å². The lowest BCUT2D eigenvalue weighted by Gasteiger charge is -2.19. The van der Waals surface area contributed by atoms with Crippen LogP contribution in [0.25, 0.3) is 0 Å². The number of anilines is 1. The summed E-state index contributed by atoms with van der Waals surface area (Å²) >= 11 is 0. The Hall–Kier alpha value is -1.84. The number of para-hydroxylation sites is 1. The van der Waals surface area contributed by atoms with Gasteiger partial charge < -0.3 is 4.74 Å². The number of hydrogen-bond donors (Lipinski definition) is 1. The van der Waals surface area contributed by atoms with Crippen molar-refractivity contribution in [3.05, 3.63) is 30.3 Å². The Morgan fingerprint density at radius 3 is 2.81 bits per heavy atom. The topological polar surface area (TPSA) is 50.7 Å². The molecule has 1 aliphatic rings. The maximum Gasteiger partial charge on any atom is 0.354 e. The van der Waals surface area contributed by atoms with E-state index >= 15 is 0 Å². The molecule has 1 fully saturated rings. The molecule has 0 bridgehead atoms. The normalized spacial score (nSPS) is 22.9. The molecule has 0 amide bonds. The number of carbonyl (C=O) groups is 1. The van der Waals surface area contributed by atoms with Crippen LogP contribution in [0.15, 0.2) is 35.4 Å². The van der Waals surface area contributed by atoms with Crippen molar-refractivity contribution in [3.8, 4) is 0 Å². The molecule has 1 aromatic rings. The van der Waals surface area contributed by atoms with Crippen LogP contribution in [0.3, 0.4) is 0 Å². The van der Waals surface area contributed by atoms with Crippen LogP contribution < -0.4 is 5.43 Å². The Balaban J connectivity index is 2.00. The summed E-state index contributed by atoms with van der Waals surface area (Å²) in [6.45, 7) is 1.89. The molecule has 84 valence electrons. The molecule has 1 aromatic carbocycles. The van der Waals surface area contributed by atoms with Crippen molar-refractivity contribution in [1.82, 2.24) is 0 Å². The molecule has 0 aromatic heterocycles. The van der Waals surface area contributed by atoms with Gasteiger partial charge in [-0.2, -0.15) is 5.10 Å². The van der Waals surface area contributed by atoms with Gasteiger partial charge in [-0.3, -0.25) is 5.43 Å². The predicted molar refractivity (Wildman–Crippen MR) is 62.3 cm³/mol. The molecule has 1 unspecified atom stereocenters. The number of nitrogens with zero attached hydrogens (tertiary/aromatic N) is 1. The Kier molecular flexibility index (Phi) is 3.19. The smallest absolute Gasteiger partial charge is 0.354 e. The first-order valence-electron chi connectivity index (χ1n) is 5.34. The molecule has 4 nitrogen and oxygen atoms in total. The first kappa shape index (κ1) is 10.7. The fraction of sp³-hybridized carbons (Fsp3) is 0.333. The minimum absolute atomic E-state index is 0.00294. The lowest BCUT2D eigenvalue weighted by atomic mass is 10.1. The highest BCUT2D eigenvalue weighted by molar-refractivity contribution is 6.37. The van der Waals surface area contributed by atoms with Crippen LogP contribution in [0.5, 0.6) is 0 Å². The van der Waals surface area contributed by atoms with Gasteiger partial charge >= 0.3 is 5.97 Å². The van der Waals surface area contributed by atoms with Gasteiger partial charge in [0.05, 0.1) is 11.8 Å².